The van der Waals surface area contributed by atoms with Gasteiger partial charge in [-0.2, -0.15) is 0 Å². The molecule has 3 atom stereocenters. The Bertz CT molecular complexity index is 291. The number of carbonyl (C=O) groups excluding carboxylic acids is 1. The number of fused-ring (bicyclic) bond motifs is 1. The Labute approximate surface area is 88.0 Å². The van der Waals surface area contributed by atoms with Gasteiger partial charge in [0, 0.05) is 19.4 Å². The lowest BCUT2D eigenvalue weighted by atomic mass is 10.0. The van der Waals surface area contributed by atoms with Crippen molar-refractivity contribution >= 4 is 12.1 Å². The van der Waals surface area contributed by atoms with Crippen LogP contribution in [0, 0.1) is 5.92 Å². The van der Waals surface area contributed by atoms with Crippen LogP contribution in [0.2, 0.25) is 0 Å². The molecule has 5 nitrogen and oxygen atoms in total. The van der Waals surface area contributed by atoms with Crippen LogP contribution < -0.4 is 0 Å². The van der Waals surface area contributed by atoms with E-state index in [0.29, 0.717) is 12.3 Å². The second kappa shape index (κ2) is 3.72. The number of carboxylic acid groups (broad SMARTS) is 1. The van der Waals surface area contributed by atoms with Crippen LogP contribution in [-0.4, -0.2) is 34.3 Å². The Kier molecular flexibility index (Phi) is 2.54. The van der Waals surface area contributed by atoms with E-state index >= 15 is 0 Å². The first-order chi connectivity index (χ1) is 7.09. The Morgan fingerprint density at radius 3 is 2.73 bits per heavy atom. The van der Waals surface area contributed by atoms with E-state index < -0.39 is 12.4 Å². The molecular formula is C10H15NO4. The first kappa shape index (κ1) is 10.3. The molecular weight excluding hydrogens is 198 g/mol. The normalized spacial score (nSPS) is 33.9. The van der Waals surface area contributed by atoms with Crippen LogP contribution in [-0.2, 0) is 9.53 Å². The van der Waals surface area contributed by atoms with Gasteiger partial charge in [-0.05, 0) is 18.8 Å². The molecule has 2 rings (SSSR count). The van der Waals surface area contributed by atoms with Gasteiger partial charge in [-0.15, -0.1) is 0 Å². The number of hydrogen-bond acceptors (Lipinski definition) is 3. The molecule has 1 saturated carbocycles. The molecule has 2 fully saturated rings. The quantitative estimate of drug-likeness (QED) is 0.669. The van der Waals surface area contributed by atoms with Gasteiger partial charge in [-0.25, -0.2) is 4.79 Å². The number of amides is 1. The summed E-state index contributed by atoms with van der Waals surface area (Å²) >= 11 is 0. The molecule has 0 radical (unpaired) electrons. The number of hydrogen-bond donors (Lipinski definition) is 1. The largest absolute Gasteiger partial charge is 0.507 e. The summed E-state index contributed by atoms with van der Waals surface area (Å²) < 4.78 is 4.74. The summed E-state index contributed by atoms with van der Waals surface area (Å²) in [4.78, 5) is 23.5. The highest BCUT2D eigenvalue weighted by Gasteiger charge is 2.46. The second-order valence-electron chi connectivity index (χ2n) is 4.26. The minimum absolute atomic E-state index is 0.0874. The third kappa shape index (κ3) is 1.78. The summed E-state index contributed by atoms with van der Waals surface area (Å²) in [5.41, 5.74) is 0. The van der Waals surface area contributed by atoms with Gasteiger partial charge < -0.3 is 14.7 Å². The topological polar surface area (TPSA) is 66.8 Å². The van der Waals surface area contributed by atoms with Gasteiger partial charge in [-0.1, -0.05) is 6.42 Å². The number of nitrogens with zero attached hydrogens (tertiary/aromatic N) is 1. The van der Waals surface area contributed by atoms with Crippen molar-refractivity contribution in [2.45, 2.75) is 44.9 Å². The molecule has 0 aromatic heterocycles. The van der Waals surface area contributed by atoms with E-state index in [1.54, 1.807) is 4.90 Å². The van der Waals surface area contributed by atoms with Crippen LogP contribution in [0.15, 0.2) is 0 Å². The van der Waals surface area contributed by atoms with Crippen LogP contribution in [0.1, 0.15) is 32.6 Å². The molecule has 15 heavy (non-hydrogen) atoms. The van der Waals surface area contributed by atoms with E-state index in [2.05, 4.69) is 0 Å². The van der Waals surface area contributed by atoms with Gasteiger partial charge >= 0.3 is 6.16 Å². The number of rotatable bonds is 1. The van der Waals surface area contributed by atoms with Crippen LogP contribution in [0.25, 0.3) is 0 Å². The molecule has 1 saturated heterocycles. The summed E-state index contributed by atoms with van der Waals surface area (Å²) in [5, 5.41) is 8.58. The summed E-state index contributed by atoms with van der Waals surface area (Å²) in [6.45, 7) is 1.47. The maximum atomic E-state index is 11.4. The summed E-state index contributed by atoms with van der Waals surface area (Å²) in [7, 11) is 0. The van der Waals surface area contributed by atoms with Crippen LogP contribution in [0.4, 0.5) is 4.79 Å². The van der Waals surface area contributed by atoms with E-state index in [-0.39, 0.29) is 11.9 Å². The molecule has 1 aliphatic carbocycles. The van der Waals surface area contributed by atoms with E-state index in [4.69, 9.17) is 9.84 Å². The van der Waals surface area contributed by atoms with Crippen molar-refractivity contribution in [2.24, 2.45) is 5.92 Å². The molecule has 0 bridgehead atoms. The van der Waals surface area contributed by atoms with Crippen molar-refractivity contribution < 1.29 is 19.4 Å². The van der Waals surface area contributed by atoms with Gasteiger partial charge in [-0.3, -0.25) is 4.79 Å². The predicted octanol–water partition coefficient (Wildman–Crippen LogP) is 1.43. The van der Waals surface area contributed by atoms with Gasteiger partial charge in [0.05, 0.1) is 0 Å². The maximum Gasteiger partial charge on any atom is 0.507 e. The van der Waals surface area contributed by atoms with Gasteiger partial charge in [0.25, 0.3) is 0 Å². The third-order valence-electron chi connectivity index (χ3n) is 3.39. The molecule has 1 heterocycles. The highest BCUT2D eigenvalue weighted by atomic mass is 16.7. The second-order valence-corrected chi connectivity index (χ2v) is 4.26. The molecule has 1 N–H and O–H groups in total. The van der Waals surface area contributed by atoms with Crippen molar-refractivity contribution in [2.75, 3.05) is 0 Å². The molecule has 1 aliphatic heterocycles. The van der Waals surface area contributed by atoms with Gasteiger partial charge in [0.15, 0.2) is 6.23 Å². The van der Waals surface area contributed by atoms with E-state index in [0.717, 1.165) is 19.3 Å². The third-order valence-corrected chi connectivity index (χ3v) is 3.39. The van der Waals surface area contributed by atoms with Crippen molar-refractivity contribution in [1.29, 1.82) is 0 Å². The number of likely N-dealkylation sites (tertiary alicyclic amines) is 1. The summed E-state index contributed by atoms with van der Waals surface area (Å²) in [5.74, 6) is 0.342. The highest BCUT2D eigenvalue weighted by molar-refractivity contribution is 5.74. The molecule has 5 heteroatoms. The van der Waals surface area contributed by atoms with E-state index in [1.807, 2.05) is 0 Å². The standard InChI is InChI=1S/C10H15NO4/c1-6(12)11-8-4-2-3-7(8)5-9(11)15-10(13)14/h7-9H,2-5H2,1H3,(H,13,14)/t7-,8-,9-/m0/s1. The zero-order valence-electron chi connectivity index (χ0n) is 8.68. The molecule has 2 aliphatic rings. The average Bonchev–Trinajstić information content (AvgIpc) is 2.60. The van der Waals surface area contributed by atoms with Crippen LogP contribution in [0.3, 0.4) is 0 Å². The predicted molar refractivity (Wildman–Crippen MR) is 51.2 cm³/mol. The summed E-state index contributed by atoms with van der Waals surface area (Å²) in [6.07, 6.45) is 1.98. The Balaban J connectivity index is 2.11. The fourth-order valence-electron chi connectivity index (χ4n) is 2.90. The van der Waals surface area contributed by atoms with Crippen molar-refractivity contribution in [3.8, 4) is 0 Å². The fourth-order valence-corrected chi connectivity index (χ4v) is 2.90. The fraction of sp³-hybridized carbons (Fsp3) is 0.800. The van der Waals surface area contributed by atoms with Crippen LogP contribution in [0.5, 0.6) is 0 Å². The molecule has 0 aromatic carbocycles. The molecule has 0 unspecified atom stereocenters. The molecule has 0 spiro atoms. The van der Waals surface area contributed by atoms with Gasteiger partial charge in [0.2, 0.25) is 5.91 Å². The number of ether oxygens (including phenoxy) is 1. The first-order valence-corrected chi connectivity index (χ1v) is 5.28. The first-order valence-electron chi connectivity index (χ1n) is 5.28. The maximum absolute atomic E-state index is 11.4. The van der Waals surface area contributed by atoms with Crippen molar-refractivity contribution in [1.82, 2.24) is 4.90 Å². The lowest BCUT2D eigenvalue weighted by Crippen LogP contribution is -2.41. The molecule has 1 amide bonds. The monoisotopic (exact) mass is 213 g/mol. The SMILES string of the molecule is CC(=O)N1[C@@H](OC(=O)O)C[C@@H]2CCC[C@@H]21. The Morgan fingerprint density at radius 1 is 1.40 bits per heavy atom. The van der Waals surface area contributed by atoms with Gasteiger partial charge in [0.1, 0.15) is 0 Å². The van der Waals surface area contributed by atoms with E-state index in [9.17, 15) is 9.59 Å². The highest BCUT2D eigenvalue weighted by Crippen LogP contribution is 2.41. The lowest BCUT2D eigenvalue weighted by Gasteiger charge is -2.27. The minimum Gasteiger partial charge on any atom is -0.450 e. The Morgan fingerprint density at radius 2 is 2.13 bits per heavy atom. The minimum atomic E-state index is -1.30. The van der Waals surface area contributed by atoms with Crippen molar-refractivity contribution in [3.63, 3.8) is 0 Å². The van der Waals surface area contributed by atoms with E-state index in [1.165, 1.54) is 6.92 Å². The average molecular weight is 213 g/mol. The van der Waals surface area contributed by atoms with Crippen LogP contribution >= 0.6 is 0 Å². The zero-order chi connectivity index (χ0) is 11.0. The smallest absolute Gasteiger partial charge is 0.450 e. The zero-order valence-corrected chi connectivity index (χ0v) is 8.68. The van der Waals surface area contributed by atoms with Crippen molar-refractivity contribution in [3.05, 3.63) is 0 Å². The Hall–Kier alpha value is -1.26. The molecule has 84 valence electrons. The lowest BCUT2D eigenvalue weighted by molar-refractivity contribution is -0.139. The summed E-state index contributed by atoms with van der Waals surface area (Å²) in [6, 6.07) is 0.201. The molecule has 0 aromatic rings. The number of carbonyl (C=O) groups is 2.